The Hall–Kier alpha value is -1.36. The van der Waals surface area contributed by atoms with Crippen molar-refractivity contribution in [2.24, 2.45) is 0 Å². The summed E-state index contributed by atoms with van der Waals surface area (Å²) in [6, 6.07) is 7.93. The van der Waals surface area contributed by atoms with E-state index in [0.717, 1.165) is 30.6 Å². The molecule has 0 radical (unpaired) electrons. The Morgan fingerprint density at radius 1 is 1.25 bits per heavy atom. The van der Waals surface area contributed by atoms with Crippen molar-refractivity contribution in [2.75, 3.05) is 13.7 Å². The highest BCUT2D eigenvalue weighted by molar-refractivity contribution is 5.26. The molecule has 0 aromatic heterocycles. The molecule has 4 nitrogen and oxygen atoms in total. The molecule has 24 heavy (non-hydrogen) atoms. The van der Waals surface area contributed by atoms with Gasteiger partial charge in [-0.3, -0.25) is 0 Å². The summed E-state index contributed by atoms with van der Waals surface area (Å²) in [4.78, 5) is 0. The molecule has 3 rings (SSSR count). The molecule has 132 valence electrons. The average molecular weight is 332 g/mol. The van der Waals surface area contributed by atoms with E-state index in [1.807, 2.05) is 30.3 Å². The number of rotatable bonds is 7. The van der Waals surface area contributed by atoms with Crippen LogP contribution in [0.3, 0.4) is 0 Å². The van der Waals surface area contributed by atoms with Crippen LogP contribution in [0.15, 0.2) is 36.9 Å². The number of methoxy groups -OCH3 is 1. The molecule has 0 N–H and O–H groups in total. The fourth-order valence-electron chi connectivity index (χ4n) is 3.50. The monoisotopic (exact) mass is 332 g/mol. The van der Waals surface area contributed by atoms with Gasteiger partial charge in [0.2, 0.25) is 0 Å². The summed E-state index contributed by atoms with van der Waals surface area (Å²) in [5.41, 5.74) is 1.12. The van der Waals surface area contributed by atoms with Crippen molar-refractivity contribution in [3.05, 3.63) is 42.5 Å². The minimum atomic E-state index is -0.315. The number of ether oxygens (including phenoxy) is 4. The molecule has 1 aromatic rings. The van der Waals surface area contributed by atoms with Crippen molar-refractivity contribution >= 4 is 0 Å². The Kier molecular flexibility index (Phi) is 5.93. The Balaban J connectivity index is 1.47. The highest BCUT2D eigenvalue weighted by Crippen LogP contribution is 2.38. The minimum Gasteiger partial charge on any atom is -0.497 e. The first-order chi connectivity index (χ1) is 11.7. The van der Waals surface area contributed by atoms with E-state index in [1.165, 1.54) is 19.3 Å². The molecule has 4 heteroatoms. The molecule has 1 saturated heterocycles. The van der Waals surface area contributed by atoms with Crippen LogP contribution in [0.25, 0.3) is 0 Å². The zero-order valence-electron chi connectivity index (χ0n) is 14.5. The highest BCUT2D eigenvalue weighted by atomic mass is 16.7. The van der Waals surface area contributed by atoms with Crippen molar-refractivity contribution in [3.8, 4) is 5.75 Å². The summed E-state index contributed by atoms with van der Waals surface area (Å²) >= 11 is 0. The number of benzene rings is 1. The van der Waals surface area contributed by atoms with Crippen LogP contribution in [0.1, 0.15) is 44.1 Å². The third-order valence-corrected chi connectivity index (χ3v) is 4.91. The zero-order valence-corrected chi connectivity index (χ0v) is 14.5. The van der Waals surface area contributed by atoms with Gasteiger partial charge in [-0.05, 0) is 30.5 Å². The Labute approximate surface area is 144 Å². The van der Waals surface area contributed by atoms with Gasteiger partial charge in [0.05, 0.1) is 32.5 Å². The van der Waals surface area contributed by atoms with E-state index in [1.54, 1.807) is 7.11 Å². The van der Waals surface area contributed by atoms with Crippen LogP contribution in [0.5, 0.6) is 5.75 Å². The topological polar surface area (TPSA) is 36.9 Å². The van der Waals surface area contributed by atoms with E-state index in [-0.39, 0.29) is 18.0 Å². The Morgan fingerprint density at radius 2 is 2.00 bits per heavy atom. The molecule has 0 amide bonds. The molecule has 2 atom stereocenters. The normalized spacial score (nSPS) is 24.0. The largest absolute Gasteiger partial charge is 0.497 e. The predicted molar refractivity (Wildman–Crippen MR) is 93.0 cm³/mol. The second kappa shape index (κ2) is 8.15. The van der Waals surface area contributed by atoms with E-state index in [9.17, 15) is 0 Å². The summed E-state index contributed by atoms with van der Waals surface area (Å²) in [7, 11) is 1.67. The summed E-state index contributed by atoms with van der Waals surface area (Å²) in [5.74, 6) is 0.540. The highest BCUT2D eigenvalue weighted by Gasteiger charge is 2.42. The summed E-state index contributed by atoms with van der Waals surface area (Å²) < 4.78 is 23.4. The maximum absolute atomic E-state index is 6.24. The van der Waals surface area contributed by atoms with Gasteiger partial charge in [0.25, 0.3) is 0 Å². The van der Waals surface area contributed by atoms with Gasteiger partial charge in [0.1, 0.15) is 5.75 Å². The summed E-state index contributed by atoms with van der Waals surface area (Å²) in [6.45, 7) is 5.12. The van der Waals surface area contributed by atoms with Gasteiger partial charge in [-0.2, -0.15) is 0 Å². The third kappa shape index (κ3) is 4.38. The molecule has 1 aliphatic carbocycles. The number of hydrogen-bond donors (Lipinski definition) is 0. The lowest BCUT2D eigenvalue weighted by Crippen LogP contribution is -2.33. The van der Waals surface area contributed by atoms with Crippen LogP contribution >= 0.6 is 0 Å². The molecule has 1 spiro atoms. The van der Waals surface area contributed by atoms with Gasteiger partial charge >= 0.3 is 0 Å². The van der Waals surface area contributed by atoms with Crippen LogP contribution in [-0.2, 0) is 20.8 Å². The lowest BCUT2D eigenvalue weighted by Gasteiger charge is -2.32. The summed E-state index contributed by atoms with van der Waals surface area (Å²) in [5, 5.41) is 0. The second-order valence-corrected chi connectivity index (χ2v) is 6.69. The van der Waals surface area contributed by atoms with Crippen LogP contribution in [0.4, 0.5) is 0 Å². The second-order valence-electron chi connectivity index (χ2n) is 6.69. The first-order valence-corrected chi connectivity index (χ1v) is 8.92. The van der Waals surface area contributed by atoms with Crippen LogP contribution in [0, 0.1) is 0 Å². The van der Waals surface area contributed by atoms with Crippen molar-refractivity contribution in [1.29, 1.82) is 0 Å². The molecule has 1 heterocycles. The van der Waals surface area contributed by atoms with Crippen molar-refractivity contribution in [3.63, 3.8) is 0 Å². The smallest absolute Gasteiger partial charge is 0.168 e. The van der Waals surface area contributed by atoms with Crippen molar-refractivity contribution < 1.29 is 18.9 Å². The maximum Gasteiger partial charge on any atom is 0.168 e. The molecular formula is C20H28O4. The van der Waals surface area contributed by atoms with Gasteiger partial charge in [0, 0.05) is 19.3 Å². The van der Waals surface area contributed by atoms with Crippen molar-refractivity contribution in [2.45, 2.75) is 63.1 Å². The lowest BCUT2D eigenvalue weighted by molar-refractivity contribution is -0.189. The molecule has 2 fully saturated rings. The average Bonchev–Trinajstić information content (AvgIpc) is 3.01. The van der Waals surface area contributed by atoms with Crippen LogP contribution in [0.2, 0.25) is 0 Å². The Morgan fingerprint density at radius 3 is 2.67 bits per heavy atom. The lowest BCUT2D eigenvalue weighted by atomic mass is 9.94. The summed E-state index contributed by atoms with van der Waals surface area (Å²) in [6.07, 6.45) is 8.46. The van der Waals surface area contributed by atoms with Crippen LogP contribution in [-0.4, -0.2) is 31.7 Å². The van der Waals surface area contributed by atoms with E-state index in [4.69, 9.17) is 18.9 Å². The molecule has 2 aliphatic rings. The van der Waals surface area contributed by atoms with Gasteiger partial charge in [-0.25, -0.2) is 0 Å². The fourth-order valence-corrected chi connectivity index (χ4v) is 3.50. The molecule has 1 aliphatic heterocycles. The first-order valence-electron chi connectivity index (χ1n) is 8.92. The van der Waals surface area contributed by atoms with Gasteiger partial charge in [0.15, 0.2) is 5.79 Å². The molecule has 1 aromatic carbocycles. The molecule has 0 unspecified atom stereocenters. The molecule has 0 bridgehead atoms. The standard InChI is InChI=1S/C20H28O4/c1-3-17(22-14-16-7-9-18(21-2)10-8-16)13-19-15-23-20(24-19)11-5-4-6-12-20/h3,7-10,17,19H,1,4-6,11-15H2,2H3/t17-,19+/m0/s1. The predicted octanol–water partition coefficient (Wildman–Crippen LogP) is 4.23. The molecule has 1 saturated carbocycles. The van der Waals surface area contributed by atoms with E-state index in [2.05, 4.69) is 6.58 Å². The maximum atomic E-state index is 6.24. The van der Waals surface area contributed by atoms with Gasteiger partial charge < -0.3 is 18.9 Å². The van der Waals surface area contributed by atoms with Gasteiger partial charge in [-0.1, -0.05) is 24.6 Å². The van der Waals surface area contributed by atoms with E-state index in [0.29, 0.717) is 13.2 Å². The zero-order chi connectivity index (χ0) is 16.8. The quantitative estimate of drug-likeness (QED) is 0.700. The van der Waals surface area contributed by atoms with Crippen molar-refractivity contribution in [1.82, 2.24) is 0 Å². The number of hydrogen-bond acceptors (Lipinski definition) is 4. The minimum absolute atomic E-state index is 0.0283. The first kappa shape index (κ1) is 17.5. The van der Waals surface area contributed by atoms with Gasteiger partial charge in [-0.15, -0.1) is 6.58 Å². The van der Waals surface area contributed by atoms with Crippen LogP contribution < -0.4 is 4.74 Å². The molecular weight excluding hydrogens is 304 g/mol. The van der Waals surface area contributed by atoms with E-state index < -0.39 is 0 Å². The Bertz CT molecular complexity index is 519. The third-order valence-electron chi connectivity index (χ3n) is 4.91. The fraction of sp³-hybridized carbons (Fsp3) is 0.600. The van der Waals surface area contributed by atoms with E-state index >= 15 is 0 Å². The SMILES string of the molecule is C=C[C@@H](C[C@@H]1COC2(CCCCC2)O1)OCc1ccc(OC)cc1.